The van der Waals surface area contributed by atoms with Crippen molar-refractivity contribution in [1.29, 1.82) is 0 Å². The Bertz CT molecular complexity index is 591. The third-order valence-corrected chi connectivity index (χ3v) is 7.15. The van der Waals surface area contributed by atoms with Gasteiger partial charge in [0.2, 0.25) is 11.1 Å². The van der Waals surface area contributed by atoms with Crippen molar-refractivity contribution in [2.75, 3.05) is 5.84 Å². The summed E-state index contributed by atoms with van der Waals surface area (Å²) in [5.74, 6) is 7.93. The van der Waals surface area contributed by atoms with E-state index < -0.39 is 0 Å². The molecule has 3 N–H and O–H groups in total. The van der Waals surface area contributed by atoms with Crippen LogP contribution in [0.1, 0.15) is 89.8 Å². The molecule has 0 unspecified atom stereocenters. The number of nitrogens with two attached hydrogens (primary N) is 1. The summed E-state index contributed by atoms with van der Waals surface area (Å²) in [7, 11) is 0. The number of nitrogen functional groups attached to an aromatic ring is 1. The van der Waals surface area contributed by atoms with Crippen molar-refractivity contribution in [2.45, 2.75) is 107 Å². The molecule has 0 spiro atoms. The van der Waals surface area contributed by atoms with Crippen molar-refractivity contribution in [2.24, 2.45) is 5.92 Å². The number of rotatable bonds is 7. The van der Waals surface area contributed by atoms with Gasteiger partial charge in [0, 0.05) is 12.5 Å². The Hall–Kier alpha value is -1.24. The van der Waals surface area contributed by atoms with E-state index in [1.807, 2.05) is 6.92 Å². The molecule has 6 nitrogen and oxygen atoms in total. The lowest BCUT2D eigenvalue weighted by atomic mass is 9.86. The molecule has 2 aliphatic carbocycles. The predicted molar refractivity (Wildman–Crippen MR) is 110 cm³/mol. The maximum atomic E-state index is 12.5. The van der Waals surface area contributed by atoms with E-state index in [9.17, 15) is 4.79 Å². The summed E-state index contributed by atoms with van der Waals surface area (Å²) in [5.41, 5.74) is 0. The van der Waals surface area contributed by atoms with Crippen LogP contribution in [0.15, 0.2) is 5.16 Å². The van der Waals surface area contributed by atoms with Gasteiger partial charge in [-0.2, -0.15) is 0 Å². The van der Waals surface area contributed by atoms with Gasteiger partial charge in [-0.1, -0.05) is 69.5 Å². The van der Waals surface area contributed by atoms with E-state index >= 15 is 0 Å². The van der Waals surface area contributed by atoms with E-state index in [0.29, 0.717) is 11.2 Å². The largest absolute Gasteiger partial charge is 0.352 e. The highest BCUT2D eigenvalue weighted by Gasteiger charge is 2.23. The van der Waals surface area contributed by atoms with Gasteiger partial charge in [-0.15, -0.1) is 10.2 Å². The zero-order valence-electron chi connectivity index (χ0n) is 16.7. The van der Waals surface area contributed by atoms with Crippen molar-refractivity contribution in [1.82, 2.24) is 20.2 Å². The summed E-state index contributed by atoms with van der Waals surface area (Å²) in [6.45, 7) is 1.92. The molecule has 27 heavy (non-hydrogen) atoms. The zero-order chi connectivity index (χ0) is 19.1. The van der Waals surface area contributed by atoms with Crippen molar-refractivity contribution >= 4 is 17.7 Å². The molecule has 2 aliphatic rings. The monoisotopic (exact) mass is 393 g/mol. The fourth-order valence-electron chi connectivity index (χ4n) is 4.32. The Morgan fingerprint density at radius 2 is 1.74 bits per heavy atom. The lowest BCUT2D eigenvalue weighted by Crippen LogP contribution is -2.39. The topological polar surface area (TPSA) is 85.8 Å². The fourth-order valence-corrected chi connectivity index (χ4v) is 5.12. The molecule has 2 fully saturated rings. The second-order valence-corrected chi connectivity index (χ2v) is 9.58. The molecule has 0 radical (unpaired) electrons. The number of carbonyl (C=O) groups excluding carboxylic acids is 1. The van der Waals surface area contributed by atoms with Crippen LogP contribution in [0.4, 0.5) is 0 Å². The second-order valence-electron chi connectivity index (χ2n) is 8.27. The highest BCUT2D eigenvalue weighted by molar-refractivity contribution is 8.00. The average Bonchev–Trinajstić information content (AvgIpc) is 2.87. The lowest BCUT2D eigenvalue weighted by Gasteiger charge is -2.21. The summed E-state index contributed by atoms with van der Waals surface area (Å²) in [4.78, 5) is 12.5. The van der Waals surface area contributed by atoms with Gasteiger partial charge in [0.1, 0.15) is 0 Å². The number of nitrogens with one attached hydrogen (secondary N) is 1. The summed E-state index contributed by atoms with van der Waals surface area (Å²) in [6, 6.07) is 0.324. The summed E-state index contributed by atoms with van der Waals surface area (Å²) in [5, 5.41) is 12.1. The van der Waals surface area contributed by atoms with Crippen LogP contribution in [-0.4, -0.2) is 32.1 Å². The van der Waals surface area contributed by atoms with Crippen LogP contribution in [-0.2, 0) is 11.2 Å². The number of hydrogen-bond acceptors (Lipinski definition) is 5. The molecule has 1 aromatic heterocycles. The minimum absolute atomic E-state index is 0.0821. The van der Waals surface area contributed by atoms with Gasteiger partial charge in [0.05, 0.1) is 5.25 Å². The Morgan fingerprint density at radius 1 is 1.11 bits per heavy atom. The minimum atomic E-state index is -0.217. The number of aromatic nitrogens is 3. The molecule has 3 rings (SSSR count). The molecule has 0 bridgehead atoms. The van der Waals surface area contributed by atoms with Gasteiger partial charge in [-0.05, 0) is 32.1 Å². The first-order valence-corrected chi connectivity index (χ1v) is 11.7. The van der Waals surface area contributed by atoms with Crippen LogP contribution < -0.4 is 11.2 Å². The quantitative estimate of drug-likeness (QED) is 0.418. The van der Waals surface area contributed by atoms with Crippen molar-refractivity contribution < 1.29 is 4.79 Å². The zero-order valence-corrected chi connectivity index (χ0v) is 17.5. The lowest BCUT2D eigenvalue weighted by molar-refractivity contribution is -0.121. The Morgan fingerprint density at radius 3 is 2.44 bits per heavy atom. The molecular weight excluding hydrogens is 358 g/mol. The van der Waals surface area contributed by atoms with Crippen LogP contribution in [0.5, 0.6) is 0 Å². The van der Waals surface area contributed by atoms with Crippen LogP contribution >= 0.6 is 11.8 Å². The average molecular weight is 394 g/mol. The molecule has 0 aliphatic heterocycles. The number of amides is 1. The standard InChI is InChI=1S/C20H35N5OS/c1-15(19(26)22-17-11-7-2-3-8-12-17)27-20-24-23-18(25(20)21)14-13-16-9-5-4-6-10-16/h15-17H,2-14,21H2,1H3,(H,22,26)/t15-/m1/s1. The first-order chi connectivity index (χ1) is 13.1. The third kappa shape index (κ3) is 6.13. The van der Waals surface area contributed by atoms with Gasteiger partial charge in [-0.3, -0.25) is 4.79 Å². The van der Waals surface area contributed by atoms with Gasteiger partial charge in [0.15, 0.2) is 5.82 Å². The van der Waals surface area contributed by atoms with Gasteiger partial charge in [-0.25, -0.2) is 4.68 Å². The molecule has 1 aromatic rings. The second kappa shape index (κ2) is 10.3. The number of carbonyl (C=O) groups is 1. The molecule has 1 heterocycles. The van der Waals surface area contributed by atoms with E-state index in [4.69, 9.17) is 5.84 Å². The van der Waals surface area contributed by atoms with Crippen LogP contribution in [0.2, 0.25) is 0 Å². The summed E-state index contributed by atoms with van der Waals surface area (Å²) < 4.78 is 1.59. The maximum absolute atomic E-state index is 12.5. The van der Waals surface area contributed by atoms with E-state index in [-0.39, 0.29) is 11.2 Å². The van der Waals surface area contributed by atoms with Crippen LogP contribution in [0.3, 0.4) is 0 Å². The van der Waals surface area contributed by atoms with E-state index in [2.05, 4.69) is 15.5 Å². The predicted octanol–water partition coefficient (Wildman–Crippen LogP) is 3.82. The van der Waals surface area contributed by atoms with Crippen LogP contribution in [0, 0.1) is 5.92 Å². The van der Waals surface area contributed by atoms with Crippen molar-refractivity contribution in [3.05, 3.63) is 5.82 Å². The molecule has 152 valence electrons. The molecule has 1 amide bonds. The van der Waals surface area contributed by atoms with E-state index in [1.54, 1.807) is 4.68 Å². The Kier molecular flexibility index (Phi) is 7.85. The van der Waals surface area contributed by atoms with Crippen molar-refractivity contribution in [3.8, 4) is 0 Å². The van der Waals surface area contributed by atoms with Crippen LogP contribution in [0.25, 0.3) is 0 Å². The molecule has 0 aromatic carbocycles. The normalized spacial score (nSPS) is 20.9. The molecule has 7 heteroatoms. The van der Waals surface area contributed by atoms with Gasteiger partial charge >= 0.3 is 0 Å². The number of thioether (sulfide) groups is 1. The SMILES string of the molecule is C[C@@H](Sc1nnc(CCC2CCCCC2)n1N)C(=O)NC1CCCCCC1. The van der Waals surface area contributed by atoms with Gasteiger partial charge in [0.25, 0.3) is 0 Å². The smallest absolute Gasteiger partial charge is 0.233 e. The third-order valence-electron chi connectivity index (χ3n) is 6.09. The molecule has 2 saturated carbocycles. The van der Waals surface area contributed by atoms with E-state index in [1.165, 1.54) is 69.5 Å². The molecule has 1 atom stereocenters. The maximum Gasteiger partial charge on any atom is 0.233 e. The summed E-state index contributed by atoms with van der Waals surface area (Å²) >= 11 is 1.41. The van der Waals surface area contributed by atoms with Crippen molar-refractivity contribution in [3.63, 3.8) is 0 Å². The highest BCUT2D eigenvalue weighted by Crippen LogP contribution is 2.28. The number of aryl methyl sites for hydroxylation is 1. The Labute approximate surface area is 167 Å². The Balaban J connectivity index is 1.47. The van der Waals surface area contributed by atoms with E-state index in [0.717, 1.165) is 37.4 Å². The first kappa shape index (κ1) is 20.5. The number of nitrogens with zero attached hydrogens (tertiary/aromatic N) is 3. The molecular formula is C20H35N5OS. The highest BCUT2D eigenvalue weighted by atomic mass is 32.2. The minimum Gasteiger partial charge on any atom is -0.352 e. The van der Waals surface area contributed by atoms with Gasteiger partial charge < -0.3 is 11.2 Å². The first-order valence-electron chi connectivity index (χ1n) is 10.8. The summed E-state index contributed by atoms with van der Waals surface area (Å²) in [6.07, 6.45) is 16.0. The number of hydrogen-bond donors (Lipinski definition) is 2. The molecule has 0 saturated heterocycles. The fraction of sp³-hybridized carbons (Fsp3) is 0.850.